The molecule has 1 fully saturated rings. The highest BCUT2D eigenvalue weighted by Gasteiger charge is 2.16. The van der Waals surface area contributed by atoms with Gasteiger partial charge in [-0.25, -0.2) is 4.98 Å². The van der Waals surface area contributed by atoms with Crippen molar-refractivity contribution in [2.45, 2.75) is 45.1 Å². The van der Waals surface area contributed by atoms with Crippen molar-refractivity contribution < 1.29 is 4.92 Å². The van der Waals surface area contributed by atoms with Gasteiger partial charge in [-0.1, -0.05) is 19.3 Å². The van der Waals surface area contributed by atoms with Crippen LogP contribution in [-0.2, 0) is 0 Å². The highest BCUT2D eigenvalue weighted by Crippen LogP contribution is 2.24. The molecule has 6 nitrogen and oxygen atoms in total. The maximum atomic E-state index is 10.9. The van der Waals surface area contributed by atoms with Gasteiger partial charge in [0.05, 0.1) is 17.1 Å². The Hall–Kier alpha value is -1.85. The van der Waals surface area contributed by atoms with Gasteiger partial charge in [0.2, 0.25) is 0 Å². The third-order valence-corrected chi connectivity index (χ3v) is 3.34. The number of rotatable bonds is 5. The molecule has 0 bridgehead atoms. The van der Waals surface area contributed by atoms with Crippen molar-refractivity contribution in [3.8, 4) is 0 Å². The molecule has 6 heteroatoms. The van der Waals surface area contributed by atoms with Crippen LogP contribution in [0.15, 0.2) is 12.1 Å². The van der Waals surface area contributed by atoms with Crippen molar-refractivity contribution >= 4 is 17.3 Å². The lowest BCUT2D eigenvalue weighted by Crippen LogP contribution is -2.23. The Morgan fingerprint density at radius 2 is 2.00 bits per heavy atom. The minimum absolute atomic E-state index is 0.0734. The van der Waals surface area contributed by atoms with E-state index in [4.69, 9.17) is 0 Å². The molecule has 1 saturated carbocycles. The number of hydrogen-bond acceptors (Lipinski definition) is 5. The molecule has 2 N–H and O–H groups in total. The molecule has 0 saturated heterocycles. The second kappa shape index (κ2) is 6.36. The molecule has 19 heavy (non-hydrogen) atoms. The van der Waals surface area contributed by atoms with Gasteiger partial charge in [0.15, 0.2) is 0 Å². The molecule has 1 aliphatic rings. The molecule has 0 atom stereocenters. The summed E-state index contributed by atoms with van der Waals surface area (Å²) in [5.74, 6) is 1.15. The van der Waals surface area contributed by atoms with E-state index in [0.29, 0.717) is 24.2 Å². The number of hydrogen-bond donors (Lipinski definition) is 2. The summed E-state index contributed by atoms with van der Waals surface area (Å²) < 4.78 is 0. The van der Waals surface area contributed by atoms with Crippen LogP contribution in [0.4, 0.5) is 17.3 Å². The molecule has 0 aliphatic heterocycles. The Morgan fingerprint density at radius 1 is 1.32 bits per heavy atom. The molecule has 0 amide bonds. The lowest BCUT2D eigenvalue weighted by Gasteiger charge is -2.23. The van der Waals surface area contributed by atoms with Crippen LogP contribution in [0.3, 0.4) is 0 Å². The molecule has 1 aromatic heterocycles. The molecule has 104 valence electrons. The van der Waals surface area contributed by atoms with Crippen LogP contribution in [-0.4, -0.2) is 22.5 Å². The second-order valence-corrected chi connectivity index (χ2v) is 4.86. The summed E-state index contributed by atoms with van der Waals surface area (Å²) in [5, 5.41) is 17.3. The minimum atomic E-state index is -0.380. The van der Waals surface area contributed by atoms with E-state index in [0.717, 1.165) is 12.8 Å². The number of anilines is 2. The fourth-order valence-corrected chi connectivity index (χ4v) is 2.42. The van der Waals surface area contributed by atoms with Crippen molar-refractivity contribution in [3.63, 3.8) is 0 Å². The highest BCUT2D eigenvalue weighted by atomic mass is 16.6. The van der Waals surface area contributed by atoms with Gasteiger partial charge in [0.25, 0.3) is 5.69 Å². The van der Waals surface area contributed by atoms with E-state index in [1.165, 1.54) is 31.4 Å². The summed E-state index contributed by atoms with van der Waals surface area (Å²) in [6.07, 6.45) is 5.93. The summed E-state index contributed by atoms with van der Waals surface area (Å²) in [6, 6.07) is 3.36. The van der Waals surface area contributed by atoms with Gasteiger partial charge in [0.1, 0.15) is 11.6 Å². The molecule has 0 radical (unpaired) electrons. The Labute approximate surface area is 112 Å². The van der Waals surface area contributed by atoms with Gasteiger partial charge < -0.3 is 10.6 Å². The summed E-state index contributed by atoms with van der Waals surface area (Å²) in [7, 11) is 0. The van der Waals surface area contributed by atoms with Crippen LogP contribution < -0.4 is 10.6 Å². The van der Waals surface area contributed by atoms with Crippen molar-refractivity contribution in [1.82, 2.24) is 4.98 Å². The smallest absolute Gasteiger partial charge is 0.276 e. The van der Waals surface area contributed by atoms with Gasteiger partial charge in [0, 0.05) is 12.6 Å². The van der Waals surface area contributed by atoms with E-state index in [-0.39, 0.29) is 10.6 Å². The third-order valence-electron chi connectivity index (χ3n) is 3.34. The summed E-state index contributed by atoms with van der Waals surface area (Å²) in [4.78, 5) is 14.9. The number of nitro groups is 1. The zero-order valence-corrected chi connectivity index (χ0v) is 11.2. The lowest BCUT2D eigenvalue weighted by atomic mass is 9.95. The summed E-state index contributed by atoms with van der Waals surface area (Å²) in [6.45, 7) is 2.63. The van der Waals surface area contributed by atoms with Gasteiger partial charge in [-0.15, -0.1) is 0 Å². The normalized spacial score (nSPS) is 16.1. The van der Waals surface area contributed by atoms with Crippen molar-refractivity contribution in [3.05, 3.63) is 22.2 Å². The maximum absolute atomic E-state index is 10.9. The molecule has 0 aromatic carbocycles. The van der Waals surface area contributed by atoms with E-state index in [1.54, 1.807) is 0 Å². The number of aromatic nitrogens is 1. The van der Waals surface area contributed by atoms with Crippen LogP contribution in [0.1, 0.15) is 39.0 Å². The Kier molecular flexibility index (Phi) is 4.54. The Balaban J connectivity index is 2.15. The predicted octanol–water partition coefficient (Wildman–Crippen LogP) is 3.17. The monoisotopic (exact) mass is 264 g/mol. The fourth-order valence-electron chi connectivity index (χ4n) is 2.42. The summed E-state index contributed by atoms with van der Waals surface area (Å²) in [5.41, 5.74) is 0.0734. The number of nitrogens with one attached hydrogen (secondary N) is 2. The van der Waals surface area contributed by atoms with E-state index in [9.17, 15) is 10.1 Å². The van der Waals surface area contributed by atoms with Crippen molar-refractivity contribution in [2.75, 3.05) is 17.2 Å². The first-order chi connectivity index (χ1) is 9.19. The average molecular weight is 264 g/mol. The standard InChI is InChI=1S/C13H20N4O2/c1-2-14-12-8-11(17(18)19)9-13(16-12)15-10-6-4-3-5-7-10/h8-10H,2-7H2,1H3,(H2,14,15,16). The van der Waals surface area contributed by atoms with Crippen molar-refractivity contribution in [2.24, 2.45) is 0 Å². The molecule has 0 spiro atoms. The summed E-state index contributed by atoms with van der Waals surface area (Å²) >= 11 is 0. The van der Waals surface area contributed by atoms with Gasteiger partial charge >= 0.3 is 0 Å². The van der Waals surface area contributed by atoms with Crippen LogP contribution in [0, 0.1) is 10.1 Å². The van der Waals surface area contributed by atoms with E-state index in [1.807, 2.05) is 6.92 Å². The van der Waals surface area contributed by atoms with Crippen LogP contribution in [0.5, 0.6) is 0 Å². The number of pyridine rings is 1. The van der Waals surface area contributed by atoms with E-state index >= 15 is 0 Å². The van der Waals surface area contributed by atoms with E-state index in [2.05, 4.69) is 15.6 Å². The lowest BCUT2D eigenvalue weighted by molar-refractivity contribution is -0.384. The first kappa shape index (κ1) is 13.6. The molecular weight excluding hydrogens is 244 g/mol. The van der Waals surface area contributed by atoms with Crippen LogP contribution >= 0.6 is 0 Å². The maximum Gasteiger partial charge on any atom is 0.276 e. The zero-order chi connectivity index (χ0) is 13.7. The molecule has 1 aromatic rings. The molecule has 1 heterocycles. The molecule has 0 unspecified atom stereocenters. The average Bonchev–Trinajstić information content (AvgIpc) is 2.40. The molecule has 2 rings (SSSR count). The fraction of sp³-hybridized carbons (Fsp3) is 0.615. The van der Waals surface area contributed by atoms with Gasteiger partial charge in [-0.3, -0.25) is 10.1 Å². The van der Waals surface area contributed by atoms with Gasteiger partial charge in [-0.05, 0) is 19.8 Å². The topological polar surface area (TPSA) is 80.1 Å². The number of nitrogens with zero attached hydrogens (tertiary/aromatic N) is 2. The third kappa shape index (κ3) is 3.81. The minimum Gasteiger partial charge on any atom is -0.370 e. The van der Waals surface area contributed by atoms with Crippen LogP contribution in [0.25, 0.3) is 0 Å². The quantitative estimate of drug-likeness (QED) is 0.630. The first-order valence-electron chi connectivity index (χ1n) is 6.86. The van der Waals surface area contributed by atoms with E-state index < -0.39 is 0 Å². The Morgan fingerprint density at radius 3 is 2.63 bits per heavy atom. The SMILES string of the molecule is CCNc1cc([N+](=O)[O-])cc(NC2CCCCC2)n1. The van der Waals surface area contributed by atoms with Crippen molar-refractivity contribution in [1.29, 1.82) is 0 Å². The predicted molar refractivity (Wildman–Crippen MR) is 75.6 cm³/mol. The van der Waals surface area contributed by atoms with Gasteiger partial charge in [-0.2, -0.15) is 0 Å². The zero-order valence-electron chi connectivity index (χ0n) is 11.2. The first-order valence-corrected chi connectivity index (χ1v) is 6.86. The molecule has 1 aliphatic carbocycles. The Bertz CT molecular complexity index is 444. The second-order valence-electron chi connectivity index (χ2n) is 4.86. The molecular formula is C13H20N4O2. The highest BCUT2D eigenvalue weighted by molar-refractivity contribution is 5.55. The van der Waals surface area contributed by atoms with Crippen LogP contribution in [0.2, 0.25) is 0 Å². The largest absolute Gasteiger partial charge is 0.370 e.